The quantitative estimate of drug-likeness (QED) is 0.423. The topological polar surface area (TPSA) is 69.0 Å². The molecule has 1 N–H and O–H groups in total. The van der Waals surface area contributed by atoms with Gasteiger partial charge in [0.1, 0.15) is 12.4 Å². The molecule has 0 aliphatic heterocycles. The van der Waals surface area contributed by atoms with Crippen LogP contribution < -0.4 is 10.1 Å². The molecule has 6 nitrogen and oxygen atoms in total. The van der Waals surface area contributed by atoms with Gasteiger partial charge in [-0.05, 0) is 43.8 Å². The van der Waals surface area contributed by atoms with Crippen molar-refractivity contribution in [2.24, 2.45) is 0 Å². The smallest absolute Gasteiger partial charge is 0.230 e. The summed E-state index contributed by atoms with van der Waals surface area (Å²) in [6.45, 7) is 7.79. The van der Waals surface area contributed by atoms with Gasteiger partial charge in [-0.1, -0.05) is 35.5 Å². The van der Waals surface area contributed by atoms with Crippen molar-refractivity contribution in [1.82, 2.24) is 20.1 Å². The van der Waals surface area contributed by atoms with E-state index in [0.29, 0.717) is 18.9 Å². The molecule has 3 rings (SSSR count). The van der Waals surface area contributed by atoms with Gasteiger partial charge >= 0.3 is 0 Å². The van der Waals surface area contributed by atoms with Crippen LogP contribution in [0.15, 0.2) is 40.9 Å². The Bertz CT molecular complexity index is 922. The lowest BCUT2D eigenvalue weighted by Gasteiger charge is -2.10. The fourth-order valence-corrected chi connectivity index (χ4v) is 4.31. The highest BCUT2D eigenvalue weighted by Crippen LogP contribution is 2.27. The number of rotatable bonds is 9. The zero-order valence-electron chi connectivity index (χ0n) is 16.3. The van der Waals surface area contributed by atoms with Crippen LogP contribution in [0, 0.1) is 13.8 Å². The van der Waals surface area contributed by atoms with Crippen LogP contribution in [-0.4, -0.2) is 39.6 Å². The number of hydrogen-bond donors (Lipinski definition) is 1. The Balaban J connectivity index is 1.44. The van der Waals surface area contributed by atoms with Gasteiger partial charge in [-0.25, -0.2) is 0 Å². The minimum Gasteiger partial charge on any atom is -0.491 e. The highest BCUT2D eigenvalue weighted by atomic mass is 32.2. The molecule has 0 aliphatic carbocycles. The number of aryl methyl sites for hydroxylation is 2. The van der Waals surface area contributed by atoms with E-state index < -0.39 is 0 Å². The normalized spacial score (nSPS) is 10.8. The van der Waals surface area contributed by atoms with Crippen LogP contribution in [0.25, 0.3) is 10.7 Å². The molecule has 3 aromatic rings. The molecule has 1 amide bonds. The number of hydrogen-bond acceptors (Lipinski definition) is 6. The van der Waals surface area contributed by atoms with Crippen molar-refractivity contribution in [2.45, 2.75) is 32.5 Å². The summed E-state index contributed by atoms with van der Waals surface area (Å²) in [7, 11) is 0. The van der Waals surface area contributed by atoms with Gasteiger partial charge in [0.05, 0.1) is 17.2 Å². The molecule has 0 saturated carbocycles. The number of thiophene rings is 1. The van der Waals surface area contributed by atoms with Crippen LogP contribution in [0.2, 0.25) is 0 Å². The molecular formula is C20H24N4O2S2. The van der Waals surface area contributed by atoms with Crippen molar-refractivity contribution < 1.29 is 9.53 Å². The number of thioether (sulfide) groups is 1. The molecule has 8 heteroatoms. The van der Waals surface area contributed by atoms with Crippen molar-refractivity contribution >= 4 is 29.0 Å². The molecule has 0 radical (unpaired) electrons. The summed E-state index contributed by atoms with van der Waals surface area (Å²) in [6.07, 6.45) is 0. The standard InChI is InChI=1S/C20H24N4O2S2/c1-4-24-19(17-6-5-11-27-17)22-23-20(24)28-13-18(25)21-9-10-26-16-8-7-14(2)12-15(16)3/h5-8,11-12H,4,9-10,13H2,1-3H3,(H,21,25). The minimum atomic E-state index is -0.0439. The monoisotopic (exact) mass is 416 g/mol. The van der Waals surface area contributed by atoms with Crippen LogP contribution in [0.5, 0.6) is 5.75 Å². The lowest BCUT2D eigenvalue weighted by Crippen LogP contribution is -2.29. The van der Waals surface area contributed by atoms with Crippen molar-refractivity contribution in [2.75, 3.05) is 18.9 Å². The van der Waals surface area contributed by atoms with E-state index in [2.05, 4.69) is 35.4 Å². The van der Waals surface area contributed by atoms with E-state index in [1.54, 1.807) is 11.3 Å². The Morgan fingerprint density at radius 2 is 2.14 bits per heavy atom. The molecule has 148 valence electrons. The average molecular weight is 417 g/mol. The number of amides is 1. The maximum Gasteiger partial charge on any atom is 0.230 e. The molecule has 0 aliphatic rings. The molecule has 0 unspecified atom stereocenters. The van der Waals surface area contributed by atoms with Crippen LogP contribution in [0.3, 0.4) is 0 Å². The summed E-state index contributed by atoms with van der Waals surface area (Å²) >= 11 is 3.03. The van der Waals surface area contributed by atoms with E-state index in [1.807, 2.05) is 41.1 Å². The second-order valence-electron chi connectivity index (χ2n) is 6.28. The molecule has 0 fully saturated rings. The zero-order valence-corrected chi connectivity index (χ0v) is 17.9. The molecular weight excluding hydrogens is 392 g/mol. The van der Waals surface area contributed by atoms with Crippen molar-refractivity contribution in [3.8, 4) is 16.5 Å². The van der Waals surface area contributed by atoms with Gasteiger partial charge in [0.25, 0.3) is 0 Å². The first-order valence-corrected chi connectivity index (χ1v) is 11.0. The van der Waals surface area contributed by atoms with Gasteiger partial charge in [0.2, 0.25) is 5.91 Å². The number of ether oxygens (including phenoxy) is 1. The van der Waals surface area contributed by atoms with Crippen LogP contribution in [0.1, 0.15) is 18.1 Å². The Morgan fingerprint density at radius 1 is 1.29 bits per heavy atom. The Labute approximate surface area is 173 Å². The highest BCUT2D eigenvalue weighted by molar-refractivity contribution is 7.99. The summed E-state index contributed by atoms with van der Waals surface area (Å²) in [5, 5.41) is 14.2. The number of aromatic nitrogens is 3. The van der Waals surface area contributed by atoms with Gasteiger partial charge in [0.15, 0.2) is 11.0 Å². The third-order valence-corrected chi connectivity index (χ3v) is 5.95. The van der Waals surface area contributed by atoms with E-state index in [4.69, 9.17) is 4.74 Å². The van der Waals surface area contributed by atoms with E-state index in [1.165, 1.54) is 17.3 Å². The van der Waals surface area contributed by atoms with Gasteiger partial charge in [-0.15, -0.1) is 21.5 Å². The molecule has 2 aromatic heterocycles. The third kappa shape index (κ3) is 5.14. The zero-order chi connectivity index (χ0) is 19.9. The summed E-state index contributed by atoms with van der Waals surface area (Å²) in [6, 6.07) is 10.1. The average Bonchev–Trinajstić information content (AvgIpc) is 3.33. The van der Waals surface area contributed by atoms with Gasteiger partial charge in [-0.3, -0.25) is 4.79 Å². The number of nitrogens with zero attached hydrogens (tertiary/aromatic N) is 3. The maximum absolute atomic E-state index is 12.1. The largest absolute Gasteiger partial charge is 0.491 e. The molecule has 0 atom stereocenters. The number of carbonyl (C=O) groups excluding carboxylic acids is 1. The van der Waals surface area contributed by atoms with Crippen LogP contribution in [-0.2, 0) is 11.3 Å². The molecule has 2 heterocycles. The fraction of sp³-hybridized carbons (Fsp3) is 0.350. The Kier molecular flexibility index (Phi) is 7.11. The molecule has 0 saturated heterocycles. The van der Waals surface area contributed by atoms with Gasteiger partial charge in [-0.2, -0.15) is 0 Å². The molecule has 1 aromatic carbocycles. The van der Waals surface area contributed by atoms with Crippen LogP contribution in [0.4, 0.5) is 0 Å². The molecule has 0 bridgehead atoms. The van der Waals surface area contributed by atoms with Crippen LogP contribution >= 0.6 is 23.1 Å². The van der Waals surface area contributed by atoms with E-state index in [-0.39, 0.29) is 5.91 Å². The summed E-state index contributed by atoms with van der Waals surface area (Å²) in [5.74, 6) is 1.96. The summed E-state index contributed by atoms with van der Waals surface area (Å²) in [5.41, 5.74) is 2.31. The van der Waals surface area contributed by atoms with Gasteiger partial charge in [0, 0.05) is 6.54 Å². The second-order valence-corrected chi connectivity index (χ2v) is 8.17. The number of nitrogens with one attached hydrogen (secondary N) is 1. The molecule has 28 heavy (non-hydrogen) atoms. The summed E-state index contributed by atoms with van der Waals surface area (Å²) in [4.78, 5) is 13.2. The highest BCUT2D eigenvalue weighted by Gasteiger charge is 2.15. The van der Waals surface area contributed by atoms with Gasteiger partial charge < -0.3 is 14.6 Å². The van der Waals surface area contributed by atoms with E-state index in [9.17, 15) is 4.79 Å². The van der Waals surface area contributed by atoms with E-state index in [0.717, 1.165) is 33.7 Å². The fourth-order valence-electron chi connectivity index (χ4n) is 2.76. The SMILES string of the molecule is CCn1c(SCC(=O)NCCOc2ccc(C)cc2C)nnc1-c1cccs1. The third-order valence-electron chi connectivity index (χ3n) is 4.12. The summed E-state index contributed by atoms with van der Waals surface area (Å²) < 4.78 is 7.77. The Hall–Kier alpha value is -2.32. The molecule has 0 spiro atoms. The maximum atomic E-state index is 12.1. The second kappa shape index (κ2) is 9.75. The first kappa shape index (κ1) is 20.4. The van der Waals surface area contributed by atoms with Crippen molar-refractivity contribution in [3.63, 3.8) is 0 Å². The minimum absolute atomic E-state index is 0.0439. The first-order valence-electron chi connectivity index (χ1n) is 9.15. The van der Waals surface area contributed by atoms with Crippen molar-refractivity contribution in [3.05, 3.63) is 46.8 Å². The van der Waals surface area contributed by atoms with Crippen molar-refractivity contribution in [1.29, 1.82) is 0 Å². The first-order chi connectivity index (χ1) is 13.6. The predicted octanol–water partition coefficient (Wildman–Crippen LogP) is 3.93. The predicted molar refractivity (Wildman–Crippen MR) is 114 cm³/mol. The van der Waals surface area contributed by atoms with E-state index >= 15 is 0 Å². The lowest BCUT2D eigenvalue weighted by atomic mass is 10.1. The number of carbonyl (C=O) groups is 1. The lowest BCUT2D eigenvalue weighted by molar-refractivity contribution is -0.118. The number of benzene rings is 1. The Morgan fingerprint density at radius 3 is 2.86 bits per heavy atom.